The highest BCUT2D eigenvalue weighted by Gasteiger charge is 2.38. The monoisotopic (exact) mass is 180 g/mol. The zero-order valence-electron chi connectivity index (χ0n) is 7.99. The Balaban J connectivity index is 2.04. The molecule has 1 amide bonds. The maximum Gasteiger partial charge on any atom is 0.246 e. The minimum atomic E-state index is 0.179. The molecule has 2 rings (SSSR count). The smallest absolute Gasteiger partial charge is 0.246 e. The zero-order chi connectivity index (χ0) is 9.26. The van der Waals surface area contributed by atoms with Crippen LogP contribution in [0.3, 0.4) is 0 Å². The van der Waals surface area contributed by atoms with Crippen LogP contribution in [0.4, 0.5) is 0 Å². The Morgan fingerprint density at radius 1 is 1.54 bits per heavy atom. The van der Waals surface area contributed by atoms with Crippen molar-refractivity contribution in [3.63, 3.8) is 0 Å². The van der Waals surface area contributed by atoms with Crippen LogP contribution in [0.5, 0.6) is 0 Å². The molecule has 72 valence electrons. The van der Waals surface area contributed by atoms with Gasteiger partial charge in [0.05, 0.1) is 0 Å². The minimum Gasteiger partial charge on any atom is -0.335 e. The number of rotatable bonds is 1. The van der Waals surface area contributed by atoms with Gasteiger partial charge >= 0.3 is 0 Å². The van der Waals surface area contributed by atoms with Gasteiger partial charge in [-0.2, -0.15) is 0 Å². The van der Waals surface area contributed by atoms with Crippen LogP contribution in [0, 0.1) is 5.92 Å². The second-order valence-corrected chi connectivity index (χ2v) is 3.81. The Kier molecular flexibility index (Phi) is 2.36. The van der Waals surface area contributed by atoms with Gasteiger partial charge in [0.1, 0.15) is 0 Å². The third-order valence-electron chi connectivity index (χ3n) is 3.04. The normalized spacial score (nSPS) is 32.8. The second kappa shape index (κ2) is 3.50. The predicted octanol–water partition coefficient (Wildman–Crippen LogP) is 0.383. The van der Waals surface area contributed by atoms with Crippen molar-refractivity contribution in [3.8, 4) is 0 Å². The van der Waals surface area contributed by atoms with E-state index in [2.05, 4.69) is 5.32 Å². The zero-order valence-corrected chi connectivity index (χ0v) is 7.99. The van der Waals surface area contributed by atoms with E-state index in [-0.39, 0.29) is 5.91 Å². The maximum absolute atomic E-state index is 11.6. The van der Waals surface area contributed by atoms with Gasteiger partial charge in [0.15, 0.2) is 0 Å². The number of hydrogen-bond acceptors (Lipinski definition) is 2. The van der Waals surface area contributed by atoms with Crippen LogP contribution in [0.1, 0.15) is 13.3 Å². The number of allylic oxidation sites excluding steroid dienone is 1. The summed E-state index contributed by atoms with van der Waals surface area (Å²) in [4.78, 5) is 13.6. The van der Waals surface area contributed by atoms with E-state index in [1.54, 1.807) is 6.08 Å². The van der Waals surface area contributed by atoms with Crippen LogP contribution >= 0.6 is 0 Å². The molecule has 2 aliphatic rings. The summed E-state index contributed by atoms with van der Waals surface area (Å²) in [6.45, 7) is 4.90. The van der Waals surface area contributed by atoms with Crippen molar-refractivity contribution in [2.45, 2.75) is 19.4 Å². The predicted molar refractivity (Wildman–Crippen MR) is 51.3 cm³/mol. The lowest BCUT2D eigenvalue weighted by Crippen LogP contribution is -2.38. The van der Waals surface area contributed by atoms with Crippen molar-refractivity contribution in [2.24, 2.45) is 5.92 Å². The summed E-state index contributed by atoms with van der Waals surface area (Å²) in [5, 5.41) is 3.33. The molecule has 0 bridgehead atoms. The van der Waals surface area contributed by atoms with E-state index >= 15 is 0 Å². The highest BCUT2D eigenvalue weighted by molar-refractivity contribution is 5.88. The maximum atomic E-state index is 11.6. The Labute approximate surface area is 78.8 Å². The minimum absolute atomic E-state index is 0.179. The Hall–Kier alpha value is -0.830. The first-order valence-electron chi connectivity index (χ1n) is 4.97. The molecule has 0 saturated carbocycles. The van der Waals surface area contributed by atoms with Crippen molar-refractivity contribution < 1.29 is 4.79 Å². The third-order valence-corrected chi connectivity index (χ3v) is 3.04. The number of hydrogen-bond donors (Lipinski definition) is 1. The van der Waals surface area contributed by atoms with Crippen LogP contribution in [-0.4, -0.2) is 36.5 Å². The molecular weight excluding hydrogens is 164 g/mol. The van der Waals surface area contributed by atoms with E-state index < -0.39 is 0 Å². The number of carbonyl (C=O) groups excluding carboxylic acids is 1. The van der Waals surface area contributed by atoms with Crippen molar-refractivity contribution in [3.05, 3.63) is 12.2 Å². The van der Waals surface area contributed by atoms with Gasteiger partial charge in [-0.25, -0.2) is 0 Å². The van der Waals surface area contributed by atoms with Crippen LogP contribution < -0.4 is 5.32 Å². The van der Waals surface area contributed by atoms with Crippen molar-refractivity contribution in [1.82, 2.24) is 10.2 Å². The molecule has 0 aromatic heterocycles. The lowest BCUT2D eigenvalue weighted by atomic mass is 10.1. The SMILES string of the molecule is C/C=C/C(=O)N1CC[C@H]2CNC[C@H]21. The Morgan fingerprint density at radius 3 is 3.15 bits per heavy atom. The first-order valence-corrected chi connectivity index (χ1v) is 4.97. The molecule has 2 heterocycles. The molecule has 0 aromatic carbocycles. The molecule has 13 heavy (non-hydrogen) atoms. The Bertz CT molecular complexity index is 237. The summed E-state index contributed by atoms with van der Waals surface area (Å²) in [6, 6.07) is 0.462. The summed E-state index contributed by atoms with van der Waals surface area (Å²) >= 11 is 0. The summed E-state index contributed by atoms with van der Waals surface area (Å²) in [5.41, 5.74) is 0. The first kappa shape index (κ1) is 8.75. The van der Waals surface area contributed by atoms with E-state index in [4.69, 9.17) is 0 Å². The molecule has 3 heteroatoms. The number of likely N-dealkylation sites (tertiary alicyclic amines) is 1. The van der Waals surface area contributed by atoms with Crippen LogP contribution in [0.25, 0.3) is 0 Å². The van der Waals surface area contributed by atoms with Gasteiger partial charge in [0.25, 0.3) is 0 Å². The van der Waals surface area contributed by atoms with Gasteiger partial charge < -0.3 is 10.2 Å². The lowest BCUT2D eigenvalue weighted by molar-refractivity contribution is -0.126. The molecule has 0 spiro atoms. The number of nitrogens with one attached hydrogen (secondary N) is 1. The number of fused-ring (bicyclic) bond motifs is 1. The summed E-state index contributed by atoms with van der Waals surface area (Å²) in [6.07, 6.45) is 4.65. The van der Waals surface area contributed by atoms with E-state index in [1.807, 2.05) is 17.9 Å². The summed E-state index contributed by atoms with van der Waals surface area (Å²) in [5.74, 6) is 0.882. The largest absolute Gasteiger partial charge is 0.335 e. The average molecular weight is 180 g/mol. The number of nitrogens with zero attached hydrogens (tertiary/aromatic N) is 1. The fraction of sp³-hybridized carbons (Fsp3) is 0.700. The van der Waals surface area contributed by atoms with Crippen molar-refractivity contribution in [2.75, 3.05) is 19.6 Å². The molecule has 2 aliphatic heterocycles. The van der Waals surface area contributed by atoms with Gasteiger partial charge in [-0.05, 0) is 25.3 Å². The fourth-order valence-electron chi connectivity index (χ4n) is 2.36. The molecule has 2 fully saturated rings. The second-order valence-electron chi connectivity index (χ2n) is 3.81. The summed E-state index contributed by atoms with van der Waals surface area (Å²) in [7, 11) is 0. The quantitative estimate of drug-likeness (QED) is 0.592. The molecular formula is C10H16N2O. The highest BCUT2D eigenvalue weighted by atomic mass is 16.2. The van der Waals surface area contributed by atoms with E-state index in [0.29, 0.717) is 12.0 Å². The van der Waals surface area contributed by atoms with Gasteiger partial charge in [0, 0.05) is 25.7 Å². The molecule has 2 atom stereocenters. The third kappa shape index (κ3) is 1.48. The van der Waals surface area contributed by atoms with Crippen molar-refractivity contribution in [1.29, 1.82) is 0 Å². The van der Waals surface area contributed by atoms with Gasteiger partial charge in [-0.1, -0.05) is 6.08 Å². The van der Waals surface area contributed by atoms with Gasteiger partial charge in [-0.3, -0.25) is 4.79 Å². The fourth-order valence-corrected chi connectivity index (χ4v) is 2.36. The highest BCUT2D eigenvalue weighted by Crippen LogP contribution is 2.27. The molecule has 2 saturated heterocycles. The van der Waals surface area contributed by atoms with Crippen LogP contribution in [0.15, 0.2) is 12.2 Å². The number of amides is 1. The topological polar surface area (TPSA) is 32.3 Å². The first-order chi connectivity index (χ1) is 6.33. The standard InChI is InChI=1S/C10H16N2O/c1-2-3-10(13)12-5-4-8-6-11-7-9(8)12/h2-3,8-9,11H,4-7H2,1H3/b3-2+/t8-,9+/m0/s1. The summed E-state index contributed by atoms with van der Waals surface area (Å²) < 4.78 is 0. The molecule has 1 N–H and O–H groups in total. The van der Waals surface area contributed by atoms with Gasteiger partial charge in [-0.15, -0.1) is 0 Å². The van der Waals surface area contributed by atoms with Gasteiger partial charge in [0.2, 0.25) is 5.91 Å². The average Bonchev–Trinajstić information content (AvgIpc) is 2.62. The van der Waals surface area contributed by atoms with E-state index in [0.717, 1.165) is 19.6 Å². The molecule has 3 nitrogen and oxygen atoms in total. The molecule has 0 aromatic rings. The van der Waals surface area contributed by atoms with E-state index in [9.17, 15) is 4.79 Å². The Morgan fingerprint density at radius 2 is 2.38 bits per heavy atom. The van der Waals surface area contributed by atoms with E-state index in [1.165, 1.54) is 6.42 Å². The molecule has 0 aliphatic carbocycles. The van der Waals surface area contributed by atoms with Crippen molar-refractivity contribution >= 4 is 5.91 Å². The van der Waals surface area contributed by atoms with Crippen LogP contribution in [0.2, 0.25) is 0 Å². The lowest BCUT2D eigenvalue weighted by Gasteiger charge is -2.21. The number of carbonyl (C=O) groups is 1. The molecule has 0 radical (unpaired) electrons. The molecule has 0 unspecified atom stereocenters. The van der Waals surface area contributed by atoms with Crippen LogP contribution in [-0.2, 0) is 4.79 Å².